The fourth-order valence-corrected chi connectivity index (χ4v) is 2.40. The lowest BCUT2D eigenvalue weighted by Gasteiger charge is -2.19. The predicted molar refractivity (Wildman–Crippen MR) is 68.6 cm³/mol. The molecule has 0 radical (unpaired) electrons. The second-order valence-corrected chi connectivity index (χ2v) is 4.29. The van der Waals surface area contributed by atoms with Crippen LogP contribution in [-0.4, -0.2) is 9.55 Å². The standard InChI is InChI=1S/C14H11N3/c1-2-6-11-10(5-1)9-17-13-8-4-3-7-12(13)16-14(17)15-11/h1-8H,9H2,(H,15,16). The highest BCUT2D eigenvalue weighted by Crippen LogP contribution is 2.30. The molecular weight excluding hydrogens is 210 g/mol. The molecule has 2 heterocycles. The number of nitrogens with zero attached hydrogens (tertiary/aromatic N) is 2. The van der Waals surface area contributed by atoms with Crippen molar-refractivity contribution in [3.8, 4) is 0 Å². The molecule has 4 rings (SSSR count). The highest BCUT2D eigenvalue weighted by atomic mass is 15.2. The van der Waals surface area contributed by atoms with Crippen LogP contribution in [0.3, 0.4) is 0 Å². The van der Waals surface area contributed by atoms with Gasteiger partial charge < -0.3 is 9.88 Å². The van der Waals surface area contributed by atoms with E-state index in [1.807, 2.05) is 18.2 Å². The van der Waals surface area contributed by atoms with Crippen LogP contribution >= 0.6 is 0 Å². The number of fused-ring (bicyclic) bond motifs is 4. The maximum Gasteiger partial charge on any atom is 0.208 e. The summed E-state index contributed by atoms with van der Waals surface area (Å²) in [5.74, 6) is 0.935. The van der Waals surface area contributed by atoms with Crippen molar-refractivity contribution in [1.29, 1.82) is 0 Å². The van der Waals surface area contributed by atoms with Gasteiger partial charge in [0.05, 0.1) is 17.6 Å². The number of imidazole rings is 1. The monoisotopic (exact) mass is 221 g/mol. The lowest BCUT2D eigenvalue weighted by molar-refractivity contribution is 0.817. The Morgan fingerprint density at radius 1 is 1.00 bits per heavy atom. The van der Waals surface area contributed by atoms with Gasteiger partial charge in [0.15, 0.2) is 0 Å². The van der Waals surface area contributed by atoms with Crippen molar-refractivity contribution in [2.24, 2.45) is 0 Å². The first-order chi connectivity index (χ1) is 8.42. The van der Waals surface area contributed by atoms with Crippen LogP contribution in [-0.2, 0) is 6.54 Å². The summed E-state index contributed by atoms with van der Waals surface area (Å²) in [6.45, 7) is 0.888. The van der Waals surface area contributed by atoms with Crippen LogP contribution in [0.4, 0.5) is 11.6 Å². The summed E-state index contributed by atoms with van der Waals surface area (Å²) in [6.07, 6.45) is 0. The van der Waals surface area contributed by atoms with Crippen LogP contribution in [0.25, 0.3) is 11.0 Å². The molecule has 1 N–H and O–H groups in total. The molecule has 3 heteroatoms. The molecule has 3 nitrogen and oxygen atoms in total. The average molecular weight is 221 g/mol. The minimum absolute atomic E-state index is 0.888. The smallest absolute Gasteiger partial charge is 0.208 e. The molecule has 0 saturated heterocycles. The molecule has 1 aromatic heterocycles. The molecule has 0 bridgehead atoms. The summed E-state index contributed by atoms with van der Waals surface area (Å²) in [6, 6.07) is 16.6. The van der Waals surface area contributed by atoms with E-state index < -0.39 is 0 Å². The SMILES string of the molecule is c1ccc2c(c1)Cn1c(nc3ccccc31)N2. The van der Waals surface area contributed by atoms with E-state index in [1.54, 1.807) is 0 Å². The van der Waals surface area contributed by atoms with Crippen molar-refractivity contribution >= 4 is 22.7 Å². The Kier molecular flexibility index (Phi) is 1.61. The maximum atomic E-state index is 4.60. The molecule has 1 aliphatic heterocycles. The molecule has 0 spiro atoms. The Balaban J connectivity index is 1.97. The van der Waals surface area contributed by atoms with E-state index in [-0.39, 0.29) is 0 Å². The molecule has 0 unspecified atom stereocenters. The van der Waals surface area contributed by atoms with Gasteiger partial charge in [-0.05, 0) is 23.8 Å². The van der Waals surface area contributed by atoms with E-state index in [2.05, 4.69) is 45.2 Å². The highest BCUT2D eigenvalue weighted by Gasteiger charge is 2.17. The number of aromatic nitrogens is 2. The van der Waals surface area contributed by atoms with Gasteiger partial charge in [-0.3, -0.25) is 0 Å². The molecule has 0 saturated carbocycles. The number of anilines is 2. The van der Waals surface area contributed by atoms with E-state index in [9.17, 15) is 0 Å². The fraction of sp³-hybridized carbons (Fsp3) is 0.0714. The Morgan fingerprint density at radius 3 is 2.82 bits per heavy atom. The number of hydrogen-bond donors (Lipinski definition) is 1. The molecule has 0 fully saturated rings. The van der Waals surface area contributed by atoms with Gasteiger partial charge >= 0.3 is 0 Å². The van der Waals surface area contributed by atoms with Crippen molar-refractivity contribution in [1.82, 2.24) is 9.55 Å². The summed E-state index contributed by atoms with van der Waals surface area (Å²) in [4.78, 5) is 4.60. The van der Waals surface area contributed by atoms with Crippen LogP contribution in [0, 0.1) is 0 Å². The van der Waals surface area contributed by atoms with Gasteiger partial charge in [-0.1, -0.05) is 30.3 Å². The second-order valence-electron chi connectivity index (χ2n) is 4.29. The Hall–Kier alpha value is -2.29. The fourth-order valence-electron chi connectivity index (χ4n) is 2.40. The van der Waals surface area contributed by atoms with Gasteiger partial charge in [-0.15, -0.1) is 0 Å². The van der Waals surface area contributed by atoms with Crippen molar-refractivity contribution in [2.45, 2.75) is 6.54 Å². The number of nitrogens with one attached hydrogen (secondary N) is 1. The lowest BCUT2D eigenvalue weighted by atomic mass is 10.1. The topological polar surface area (TPSA) is 29.9 Å². The van der Waals surface area contributed by atoms with Crippen molar-refractivity contribution in [2.75, 3.05) is 5.32 Å². The highest BCUT2D eigenvalue weighted by molar-refractivity contribution is 5.81. The molecule has 2 aromatic carbocycles. The Labute approximate surface area is 98.7 Å². The zero-order valence-electron chi connectivity index (χ0n) is 9.22. The van der Waals surface area contributed by atoms with Crippen LogP contribution in [0.5, 0.6) is 0 Å². The number of benzene rings is 2. The Morgan fingerprint density at radius 2 is 1.82 bits per heavy atom. The number of rotatable bonds is 0. The van der Waals surface area contributed by atoms with Gasteiger partial charge in [0.2, 0.25) is 5.95 Å². The summed E-state index contributed by atoms with van der Waals surface area (Å²) >= 11 is 0. The minimum Gasteiger partial charge on any atom is -0.325 e. The molecular formula is C14H11N3. The number of para-hydroxylation sites is 3. The van der Waals surface area contributed by atoms with Crippen molar-refractivity contribution in [3.63, 3.8) is 0 Å². The summed E-state index contributed by atoms with van der Waals surface area (Å²) in [5.41, 5.74) is 4.70. The predicted octanol–water partition coefficient (Wildman–Crippen LogP) is 3.14. The van der Waals surface area contributed by atoms with E-state index in [4.69, 9.17) is 0 Å². The third-order valence-electron chi connectivity index (χ3n) is 3.25. The lowest BCUT2D eigenvalue weighted by Crippen LogP contribution is -2.12. The van der Waals surface area contributed by atoms with Crippen LogP contribution < -0.4 is 5.32 Å². The summed E-state index contributed by atoms with van der Waals surface area (Å²) < 4.78 is 2.22. The van der Waals surface area contributed by atoms with E-state index in [0.717, 1.165) is 23.7 Å². The minimum atomic E-state index is 0.888. The van der Waals surface area contributed by atoms with Gasteiger partial charge in [0.25, 0.3) is 0 Å². The zero-order valence-corrected chi connectivity index (χ0v) is 9.22. The molecule has 0 atom stereocenters. The summed E-state index contributed by atoms with van der Waals surface area (Å²) in [5, 5.41) is 3.38. The van der Waals surface area contributed by atoms with Gasteiger partial charge in [0, 0.05) is 5.69 Å². The van der Waals surface area contributed by atoms with Crippen LogP contribution in [0.2, 0.25) is 0 Å². The van der Waals surface area contributed by atoms with E-state index in [0.29, 0.717) is 0 Å². The average Bonchev–Trinajstić information content (AvgIpc) is 2.73. The third kappa shape index (κ3) is 1.19. The normalized spacial score (nSPS) is 12.9. The van der Waals surface area contributed by atoms with Gasteiger partial charge in [-0.2, -0.15) is 0 Å². The molecule has 17 heavy (non-hydrogen) atoms. The van der Waals surface area contributed by atoms with E-state index >= 15 is 0 Å². The molecule has 82 valence electrons. The maximum absolute atomic E-state index is 4.60. The van der Waals surface area contributed by atoms with Crippen molar-refractivity contribution < 1.29 is 0 Å². The first-order valence-corrected chi connectivity index (χ1v) is 5.72. The largest absolute Gasteiger partial charge is 0.325 e. The van der Waals surface area contributed by atoms with E-state index in [1.165, 1.54) is 11.1 Å². The molecule has 0 amide bonds. The Bertz CT molecular complexity index is 712. The quantitative estimate of drug-likeness (QED) is 0.494. The van der Waals surface area contributed by atoms with Crippen LogP contribution in [0.1, 0.15) is 5.56 Å². The zero-order chi connectivity index (χ0) is 11.2. The van der Waals surface area contributed by atoms with Gasteiger partial charge in [-0.25, -0.2) is 4.98 Å². The first-order valence-electron chi connectivity index (χ1n) is 5.72. The van der Waals surface area contributed by atoms with Crippen LogP contribution in [0.15, 0.2) is 48.5 Å². The first kappa shape index (κ1) is 8.82. The van der Waals surface area contributed by atoms with Crippen molar-refractivity contribution in [3.05, 3.63) is 54.1 Å². The molecule has 3 aromatic rings. The molecule has 0 aliphatic carbocycles. The number of hydrogen-bond acceptors (Lipinski definition) is 2. The second kappa shape index (κ2) is 3.10. The van der Waals surface area contributed by atoms with Gasteiger partial charge in [0.1, 0.15) is 0 Å². The third-order valence-corrected chi connectivity index (χ3v) is 3.25. The summed E-state index contributed by atoms with van der Waals surface area (Å²) in [7, 11) is 0. The molecule has 1 aliphatic rings.